The fourth-order valence-corrected chi connectivity index (χ4v) is 3.01. The number of alkyl halides is 3. The molecular formula is C18H36F3N5. The molecule has 0 aromatic carbocycles. The van der Waals surface area contributed by atoms with Crippen molar-refractivity contribution < 1.29 is 13.2 Å². The van der Waals surface area contributed by atoms with Crippen LogP contribution in [0.3, 0.4) is 0 Å². The van der Waals surface area contributed by atoms with Crippen LogP contribution in [0.2, 0.25) is 0 Å². The molecule has 0 aromatic rings. The molecule has 0 aliphatic carbocycles. The molecule has 0 bridgehead atoms. The lowest BCUT2D eigenvalue weighted by atomic mass is 9.93. The first-order valence-corrected chi connectivity index (χ1v) is 9.65. The Morgan fingerprint density at radius 1 is 1.08 bits per heavy atom. The average Bonchev–Trinajstić information content (AvgIpc) is 2.51. The molecule has 0 unspecified atom stereocenters. The van der Waals surface area contributed by atoms with Crippen molar-refractivity contribution in [3.63, 3.8) is 0 Å². The minimum atomic E-state index is -4.09. The van der Waals surface area contributed by atoms with Gasteiger partial charge in [0.25, 0.3) is 0 Å². The van der Waals surface area contributed by atoms with E-state index < -0.39 is 12.7 Å². The highest BCUT2D eigenvalue weighted by Crippen LogP contribution is 2.24. The number of nitrogens with zero attached hydrogens (tertiary/aromatic N) is 2. The molecule has 0 radical (unpaired) electrons. The molecule has 1 saturated heterocycles. The van der Waals surface area contributed by atoms with Crippen LogP contribution < -0.4 is 16.0 Å². The van der Waals surface area contributed by atoms with Crippen LogP contribution in [0.5, 0.6) is 0 Å². The minimum Gasteiger partial charge on any atom is -0.357 e. The van der Waals surface area contributed by atoms with Gasteiger partial charge in [-0.05, 0) is 66.0 Å². The van der Waals surface area contributed by atoms with E-state index in [1.165, 1.54) is 4.90 Å². The van der Waals surface area contributed by atoms with Gasteiger partial charge >= 0.3 is 6.18 Å². The lowest BCUT2D eigenvalue weighted by Crippen LogP contribution is -2.44. The molecule has 1 heterocycles. The van der Waals surface area contributed by atoms with E-state index in [0.717, 1.165) is 44.9 Å². The van der Waals surface area contributed by atoms with Gasteiger partial charge in [-0.15, -0.1) is 0 Å². The molecule has 0 saturated carbocycles. The molecule has 3 N–H and O–H groups in total. The van der Waals surface area contributed by atoms with Crippen molar-refractivity contribution >= 4 is 5.96 Å². The van der Waals surface area contributed by atoms with E-state index in [-0.39, 0.29) is 5.54 Å². The van der Waals surface area contributed by atoms with Crippen LogP contribution in [-0.2, 0) is 0 Å². The third-order valence-corrected chi connectivity index (χ3v) is 4.33. The first kappa shape index (κ1) is 23.0. The van der Waals surface area contributed by atoms with E-state index in [2.05, 4.69) is 41.7 Å². The van der Waals surface area contributed by atoms with Crippen LogP contribution in [0, 0.1) is 5.92 Å². The van der Waals surface area contributed by atoms with Crippen molar-refractivity contribution in [2.45, 2.75) is 58.7 Å². The smallest absolute Gasteiger partial charge is 0.357 e. The predicted molar refractivity (Wildman–Crippen MR) is 102 cm³/mol. The first-order valence-electron chi connectivity index (χ1n) is 9.65. The van der Waals surface area contributed by atoms with E-state index in [1.807, 2.05) is 6.92 Å². The van der Waals surface area contributed by atoms with E-state index >= 15 is 0 Å². The number of halogens is 3. The summed E-state index contributed by atoms with van der Waals surface area (Å²) in [4.78, 5) is 6.10. The molecule has 1 rings (SSSR count). The molecule has 5 nitrogen and oxygen atoms in total. The third-order valence-electron chi connectivity index (χ3n) is 4.33. The highest BCUT2D eigenvalue weighted by Gasteiger charge is 2.32. The van der Waals surface area contributed by atoms with Crippen molar-refractivity contribution in [1.82, 2.24) is 20.9 Å². The van der Waals surface area contributed by atoms with Gasteiger partial charge in [0, 0.05) is 31.7 Å². The molecular weight excluding hydrogens is 343 g/mol. The number of guanidine groups is 1. The van der Waals surface area contributed by atoms with Crippen LogP contribution in [0.15, 0.2) is 4.99 Å². The topological polar surface area (TPSA) is 51.7 Å². The summed E-state index contributed by atoms with van der Waals surface area (Å²) in [6.45, 7) is 11.8. The Kier molecular flexibility index (Phi) is 9.71. The SMILES string of the molecule is CCNC(=NCCC1CCN(CC(F)(F)F)CC1)NCCNC(C)(C)C. The number of nitrogens with one attached hydrogen (secondary N) is 3. The van der Waals surface area contributed by atoms with E-state index in [9.17, 15) is 13.2 Å². The zero-order valence-corrected chi connectivity index (χ0v) is 16.7. The first-order chi connectivity index (χ1) is 12.1. The monoisotopic (exact) mass is 379 g/mol. The number of piperidine rings is 1. The molecule has 8 heteroatoms. The summed E-state index contributed by atoms with van der Waals surface area (Å²) in [5.74, 6) is 1.27. The molecule has 1 aliphatic heterocycles. The molecule has 154 valence electrons. The summed E-state index contributed by atoms with van der Waals surface area (Å²) in [6.07, 6.45) is -1.52. The summed E-state index contributed by atoms with van der Waals surface area (Å²) in [6, 6.07) is 0. The Balaban J connectivity index is 2.26. The Bertz CT molecular complexity index is 410. The third kappa shape index (κ3) is 11.6. The van der Waals surface area contributed by atoms with Crippen molar-refractivity contribution in [3.8, 4) is 0 Å². The molecule has 0 spiro atoms. The van der Waals surface area contributed by atoms with Gasteiger partial charge in [0.05, 0.1) is 6.54 Å². The van der Waals surface area contributed by atoms with E-state index in [1.54, 1.807) is 0 Å². The highest BCUT2D eigenvalue weighted by molar-refractivity contribution is 5.79. The average molecular weight is 380 g/mol. The molecule has 1 aliphatic rings. The fraction of sp³-hybridized carbons (Fsp3) is 0.944. The van der Waals surface area contributed by atoms with Gasteiger partial charge in [0.15, 0.2) is 5.96 Å². The fourth-order valence-electron chi connectivity index (χ4n) is 3.01. The largest absolute Gasteiger partial charge is 0.401 e. The van der Waals surface area contributed by atoms with Crippen LogP contribution >= 0.6 is 0 Å². The van der Waals surface area contributed by atoms with Crippen molar-refractivity contribution in [3.05, 3.63) is 0 Å². The quantitative estimate of drug-likeness (QED) is 0.345. The normalized spacial score (nSPS) is 18.2. The Labute approximate surface area is 156 Å². The maximum Gasteiger partial charge on any atom is 0.401 e. The maximum absolute atomic E-state index is 12.4. The molecule has 0 atom stereocenters. The standard InChI is InChI=1S/C18H36F3N5/c1-5-22-16(24-10-11-25-17(2,3)4)23-9-6-15-7-12-26(13-8-15)14-18(19,20)21/h15,25H,5-14H2,1-4H3,(H2,22,23,24). The maximum atomic E-state index is 12.4. The number of likely N-dealkylation sites (tertiary alicyclic amines) is 1. The van der Waals surface area contributed by atoms with Gasteiger partial charge in [-0.1, -0.05) is 0 Å². The zero-order chi connectivity index (χ0) is 19.6. The summed E-state index contributed by atoms with van der Waals surface area (Å²) in [5, 5.41) is 9.95. The van der Waals surface area contributed by atoms with Gasteiger partial charge < -0.3 is 16.0 Å². The number of hydrogen-bond donors (Lipinski definition) is 3. The lowest BCUT2D eigenvalue weighted by Gasteiger charge is -2.32. The second kappa shape index (κ2) is 11.0. The summed E-state index contributed by atoms with van der Waals surface area (Å²) in [5.41, 5.74) is 0.0954. The van der Waals surface area contributed by atoms with E-state index in [4.69, 9.17) is 0 Å². The summed E-state index contributed by atoms with van der Waals surface area (Å²) < 4.78 is 37.2. The Morgan fingerprint density at radius 2 is 1.73 bits per heavy atom. The molecule has 26 heavy (non-hydrogen) atoms. The van der Waals surface area contributed by atoms with Crippen LogP contribution in [0.4, 0.5) is 13.2 Å². The predicted octanol–water partition coefficient (Wildman–Crippen LogP) is 2.59. The molecule has 1 fully saturated rings. The van der Waals surface area contributed by atoms with Gasteiger partial charge in [-0.2, -0.15) is 13.2 Å². The van der Waals surface area contributed by atoms with Gasteiger partial charge in [-0.25, -0.2) is 0 Å². The van der Waals surface area contributed by atoms with Crippen LogP contribution in [0.1, 0.15) is 47.0 Å². The van der Waals surface area contributed by atoms with Crippen LogP contribution in [0.25, 0.3) is 0 Å². The summed E-state index contributed by atoms with van der Waals surface area (Å²) >= 11 is 0. The van der Waals surface area contributed by atoms with Gasteiger partial charge in [-0.3, -0.25) is 9.89 Å². The second-order valence-electron chi connectivity index (χ2n) is 7.99. The van der Waals surface area contributed by atoms with Gasteiger partial charge in [0.1, 0.15) is 0 Å². The van der Waals surface area contributed by atoms with Crippen LogP contribution in [-0.4, -0.2) is 68.4 Å². The summed E-state index contributed by atoms with van der Waals surface area (Å²) in [7, 11) is 0. The minimum absolute atomic E-state index is 0.0954. The number of rotatable bonds is 8. The highest BCUT2D eigenvalue weighted by atomic mass is 19.4. The molecule has 0 aromatic heterocycles. The van der Waals surface area contributed by atoms with Crippen molar-refractivity contribution in [1.29, 1.82) is 0 Å². The van der Waals surface area contributed by atoms with Gasteiger partial charge in [0.2, 0.25) is 0 Å². The van der Waals surface area contributed by atoms with E-state index in [0.29, 0.717) is 25.6 Å². The second-order valence-corrected chi connectivity index (χ2v) is 7.99. The number of aliphatic imine (C=N–C) groups is 1. The lowest BCUT2D eigenvalue weighted by molar-refractivity contribution is -0.148. The molecule has 0 amide bonds. The van der Waals surface area contributed by atoms with Crippen molar-refractivity contribution in [2.24, 2.45) is 10.9 Å². The van der Waals surface area contributed by atoms with Crippen molar-refractivity contribution in [2.75, 3.05) is 45.8 Å². The zero-order valence-electron chi connectivity index (χ0n) is 16.7. The number of hydrogen-bond acceptors (Lipinski definition) is 3. The Hall–Kier alpha value is -1.02. The Morgan fingerprint density at radius 3 is 2.27 bits per heavy atom.